The number of likely N-dealkylation sites (tertiary alicyclic amines) is 1. The van der Waals surface area contributed by atoms with Gasteiger partial charge in [0.05, 0.1) is 21.3 Å². The maximum absolute atomic E-state index is 13.0. The van der Waals surface area contributed by atoms with Crippen LogP contribution in [-0.2, 0) is 4.79 Å². The molecule has 0 bridgehead atoms. The maximum atomic E-state index is 13.0. The summed E-state index contributed by atoms with van der Waals surface area (Å²) in [5.74, 6) is 1.09. The topological polar surface area (TPSA) is 77.1 Å². The van der Waals surface area contributed by atoms with Crippen molar-refractivity contribution in [1.29, 1.82) is 0 Å². The van der Waals surface area contributed by atoms with E-state index in [0.717, 1.165) is 11.3 Å². The molecule has 1 aliphatic rings. The van der Waals surface area contributed by atoms with Crippen LogP contribution in [0.4, 0.5) is 5.69 Å². The van der Waals surface area contributed by atoms with Gasteiger partial charge in [-0.2, -0.15) is 0 Å². The molecule has 7 nitrogen and oxygen atoms in total. The number of rotatable bonds is 6. The van der Waals surface area contributed by atoms with Gasteiger partial charge >= 0.3 is 0 Å². The first-order chi connectivity index (χ1) is 14.5. The minimum Gasteiger partial charge on any atom is -0.493 e. The molecular weight excluding hydrogens is 384 g/mol. The summed E-state index contributed by atoms with van der Waals surface area (Å²) in [4.78, 5) is 27.4. The van der Waals surface area contributed by atoms with Gasteiger partial charge in [-0.1, -0.05) is 12.1 Å². The van der Waals surface area contributed by atoms with Gasteiger partial charge in [0.15, 0.2) is 11.5 Å². The Hall–Kier alpha value is -3.22. The second-order valence-electron chi connectivity index (χ2n) is 7.34. The van der Waals surface area contributed by atoms with E-state index in [2.05, 4.69) is 5.32 Å². The molecule has 1 saturated heterocycles. The zero-order valence-corrected chi connectivity index (χ0v) is 17.9. The van der Waals surface area contributed by atoms with E-state index in [1.807, 2.05) is 31.2 Å². The zero-order valence-electron chi connectivity index (χ0n) is 17.9. The first-order valence-corrected chi connectivity index (χ1v) is 9.93. The fourth-order valence-corrected chi connectivity index (χ4v) is 3.70. The van der Waals surface area contributed by atoms with Gasteiger partial charge in [-0.15, -0.1) is 0 Å². The van der Waals surface area contributed by atoms with Gasteiger partial charge < -0.3 is 24.4 Å². The third-order valence-electron chi connectivity index (χ3n) is 5.35. The number of aryl methyl sites for hydroxylation is 1. The number of amides is 2. The number of carbonyl (C=O) groups excluding carboxylic acids is 2. The van der Waals surface area contributed by atoms with Gasteiger partial charge in [0.2, 0.25) is 11.7 Å². The molecule has 1 fully saturated rings. The lowest BCUT2D eigenvalue weighted by Gasteiger charge is -2.31. The molecule has 2 amide bonds. The van der Waals surface area contributed by atoms with Gasteiger partial charge in [0, 0.05) is 30.3 Å². The van der Waals surface area contributed by atoms with Crippen LogP contribution in [0.15, 0.2) is 36.4 Å². The summed E-state index contributed by atoms with van der Waals surface area (Å²) in [5.41, 5.74) is 2.36. The number of methoxy groups -OCH3 is 3. The van der Waals surface area contributed by atoms with E-state index in [4.69, 9.17) is 14.2 Å². The number of nitrogens with one attached hydrogen (secondary N) is 1. The Labute approximate surface area is 176 Å². The summed E-state index contributed by atoms with van der Waals surface area (Å²) in [7, 11) is 4.56. The van der Waals surface area contributed by atoms with E-state index >= 15 is 0 Å². The Morgan fingerprint density at radius 2 is 1.60 bits per heavy atom. The largest absolute Gasteiger partial charge is 0.493 e. The van der Waals surface area contributed by atoms with Gasteiger partial charge in [-0.05, 0) is 49.6 Å². The van der Waals surface area contributed by atoms with Gasteiger partial charge in [-0.25, -0.2) is 0 Å². The van der Waals surface area contributed by atoms with Crippen LogP contribution in [0.3, 0.4) is 0 Å². The SMILES string of the molecule is COc1cc(C(=O)N2CCC(C(=O)Nc3cccc(C)c3)CC2)cc(OC)c1OC. The van der Waals surface area contributed by atoms with E-state index < -0.39 is 0 Å². The van der Waals surface area contributed by atoms with Gasteiger partial charge in [0.1, 0.15) is 0 Å². The minimum absolute atomic E-state index is 0.000449. The highest BCUT2D eigenvalue weighted by Gasteiger charge is 2.29. The summed E-state index contributed by atoms with van der Waals surface area (Å²) in [6.45, 7) is 3.02. The molecule has 3 rings (SSSR count). The van der Waals surface area contributed by atoms with Crippen molar-refractivity contribution in [3.8, 4) is 17.2 Å². The average molecular weight is 412 g/mol. The van der Waals surface area contributed by atoms with E-state index in [1.165, 1.54) is 21.3 Å². The Morgan fingerprint density at radius 1 is 0.967 bits per heavy atom. The molecule has 30 heavy (non-hydrogen) atoms. The number of piperidine rings is 1. The van der Waals surface area contributed by atoms with Crippen molar-refractivity contribution in [2.45, 2.75) is 19.8 Å². The number of hydrogen-bond acceptors (Lipinski definition) is 5. The molecule has 7 heteroatoms. The number of hydrogen-bond donors (Lipinski definition) is 1. The number of benzene rings is 2. The third-order valence-corrected chi connectivity index (χ3v) is 5.35. The van der Waals surface area contributed by atoms with E-state index in [-0.39, 0.29) is 17.7 Å². The summed E-state index contributed by atoms with van der Waals surface area (Å²) >= 11 is 0. The van der Waals surface area contributed by atoms with Crippen LogP contribution in [0.2, 0.25) is 0 Å². The van der Waals surface area contributed by atoms with Crippen molar-refractivity contribution in [2.75, 3.05) is 39.7 Å². The van der Waals surface area contributed by atoms with Crippen LogP contribution >= 0.6 is 0 Å². The maximum Gasteiger partial charge on any atom is 0.254 e. The highest BCUT2D eigenvalue weighted by Crippen LogP contribution is 2.38. The van der Waals surface area contributed by atoms with E-state index in [0.29, 0.717) is 48.7 Å². The normalized spacial score (nSPS) is 14.2. The first-order valence-electron chi connectivity index (χ1n) is 9.93. The summed E-state index contributed by atoms with van der Waals surface area (Å²) in [5, 5.41) is 2.98. The lowest BCUT2D eigenvalue weighted by Crippen LogP contribution is -2.41. The number of carbonyl (C=O) groups is 2. The van der Waals surface area contributed by atoms with Crippen LogP contribution in [0, 0.1) is 12.8 Å². The smallest absolute Gasteiger partial charge is 0.254 e. The highest BCUT2D eigenvalue weighted by atomic mass is 16.5. The fraction of sp³-hybridized carbons (Fsp3) is 0.391. The Morgan fingerprint density at radius 3 is 2.13 bits per heavy atom. The lowest BCUT2D eigenvalue weighted by molar-refractivity contribution is -0.121. The van der Waals surface area contributed by atoms with Crippen molar-refractivity contribution in [3.63, 3.8) is 0 Å². The second kappa shape index (κ2) is 9.52. The minimum atomic E-state index is -0.119. The fourth-order valence-electron chi connectivity index (χ4n) is 3.70. The molecule has 0 saturated carbocycles. The molecule has 0 aromatic heterocycles. The van der Waals surface area contributed by atoms with Crippen LogP contribution in [0.25, 0.3) is 0 Å². The Balaban J connectivity index is 1.64. The quantitative estimate of drug-likeness (QED) is 0.786. The Bertz CT molecular complexity index is 895. The molecular formula is C23H28N2O5. The summed E-state index contributed by atoms with van der Waals surface area (Å²) < 4.78 is 16.0. The summed E-state index contributed by atoms with van der Waals surface area (Å²) in [6, 6.07) is 11.0. The van der Waals surface area contributed by atoms with E-state index in [1.54, 1.807) is 17.0 Å². The molecule has 0 atom stereocenters. The molecule has 1 N–H and O–H groups in total. The number of anilines is 1. The van der Waals surface area contributed by atoms with Crippen molar-refractivity contribution in [2.24, 2.45) is 5.92 Å². The average Bonchev–Trinajstić information content (AvgIpc) is 2.77. The molecule has 0 unspecified atom stereocenters. The molecule has 2 aromatic carbocycles. The van der Waals surface area contributed by atoms with Crippen LogP contribution in [0.5, 0.6) is 17.2 Å². The molecule has 2 aromatic rings. The first kappa shape index (κ1) is 21.5. The predicted octanol–water partition coefficient (Wildman–Crippen LogP) is 3.51. The molecule has 160 valence electrons. The van der Waals surface area contributed by atoms with Crippen molar-refractivity contribution in [1.82, 2.24) is 4.90 Å². The molecule has 0 aliphatic carbocycles. The number of ether oxygens (including phenoxy) is 3. The number of nitrogens with zero attached hydrogens (tertiary/aromatic N) is 1. The molecule has 1 aliphatic heterocycles. The second-order valence-corrected chi connectivity index (χ2v) is 7.34. The Kier molecular flexibility index (Phi) is 6.82. The van der Waals surface area contributed by atoms with Crippen LogP contribution in [0.1, 0.15) is 28.8 Å². The molecule has 1 heterocycles. The lowest BCUT2D eigenvalue weighted by atomic mass is 9.95. The van der Waals surface area contributed by atoms with Crippen LogP contribution < -0.4 is 19.5 Å². The molecule has 0 radical (unpaired) electrons. The standard InChI is InChI=1S/C23H28N2O5/c1-15-6-5-7-18(12-15)24-22(26)16-8-10-25(11-9-16)23(27)17-13-19(28-2)21(30-4)20(14-17)29-3/h5-7,12-14,16H,8-11H2,1-4H3,(H,24,26). The van der Waals surface area contributed by atoms with Gasteiger partial charge in [0.25, 0.3) is 5.91 Å². The van der Waals surface area contributed by atoms with Crippen molar-refractivity contribution in [3.05, 3.63) is 47.5 Å². The monoisotopic (exact) mass is 412 g/mol. The van der Waals surface area contributed by atoms with Crippen molar-refractivity contribution < 1.29 is 23.8 Å². The predicted molar refractivity (Wildman–Crippen MR) is 115 cm³/mol. The molecule has 0 spiro atoms. The van der Waals surface area contributed by atoms with Crippen molar-refractivity contribution >= 4 is 17.5 Å². The summed E-state index contributed by atoms with van der Waals surface area (Å²) in [6.07, 6.45) is 1.24. The van der Waals surface area contributed by atoms with Gasteiger partial charge in [-0.3, -0.25) is 9.59 Å². The van der Waals surface area contributed by atoms with Crippen LogP contribution in [-0.4, -0.2) is 51.1 Å². The zero-order chi connectivity index (χ0) is 21.7. The highest BCUT2D eigenvalue weighted by molar-refractivity contribution is 5.96. The van der Waals surface area contributed by atoms with E-state index in [9.17, 15) is 9.59 Å². The third kappa shape index (κ3) is 4.67.